The topological polar surface area (TPSA) is 32.3 Å². The molecule has 1 aromatic heterocycles. The normalized spacial score (nSPS) is 29.4. The van der Waals surface area contributed by atoms with E-state index in [1.807, 2.05) is 12.1 Å². The molecule has 0 spiro atoms. The third kappa shape index (κ3) is 2.11. The highest BCUT2D eigenvalue weighted by atomic mass is 35.5. The smallest absolute Gasteiger partial charge is 0.151 e. The highest BCUT2D eigenvalue weighted by molar-refractivity contribution is 6.29. The van der Waals surface area contributed by atoms with Gasteiger partial charge in [-0.2, -0.15) is 0 Å². The summed E-state index contributed by atoms with van der Waals surface area (Å²) in [5, 5.41) is 8.56. The summed E-state index contributed by atoms with van der Waals surface area (Å²) in [6.07, 6.45) is 3.87. The number of halogens is 1. The summed E-state index contributed by atoms with van der Waals surface area (Å²) in [4.78, 5) is 4.87. The van der Waals surface area contributed by atoms with E-state index < -0.39 is 0 Å². The first-order chi connectivity index (χ1) is 8.24. The van der Waals surface area contributed by atoms with Crippen LogP contribution in [0.2, 0.25) is 5.15 Å². The van der Waals surface area contributed by atoms with E-state index in [0.29, 0.717) is 11.2 Å². The van der Waals surface area contributed by atoms with E-state index in [4.69, 9.17) is 11.6 Å². The number of rotatable bonds is 1. The largest absolute Gasteiger partial charge is 0.354 e. The minimum atomic E-state index is 0.460. The van der Waals surface area contributed by atoms with Crippen molar-refractivity contribution in [3.8, 4) is 0 Å². The first-order valence-electron chi connectivity index (χ1n) is 6.20. The van der Waals surface area contributed by atoms with Crippen LogP contribution < -0.4 is 4.90 Å². The molecule has 4 nitrogen and oxygen atoms in total. The van der Waals surface area contributed by atoms with E-state index in [1.54, 1.807) is 0 Å². The Labute approximate surface area is 107 Å². The molecule has 2 aliphatic rings. The first-order valence-corrected chi connectivity index (χ1v) is 6.58. The number of nitrogens with zero attached hydrogens (tertiary/aromatic N) is 4. The molecular weight excluding hydrogens is 236 g/mol. The minimum absolute atomic E-state index is 0.460. The van der Waals surface area contributed by atoms with Gasteiger partial charge in [0.15, 0.2) is 11.0 Å². The summed E-state index contributed by atoms with van der Waals surface area (Å²) >= 11 is 5.77. The van der Waals surface area contributed by atoms with Gasteiger partial charge in [-0.25, -0.2) is 0 Å². The van der Waals surface area contributed by atoms with Crippen LogP contribution in [0.5, 0.6) is 0 Å². The quantitative estimate of drug-likeness (QED) is 0.763. The third-order valence-corrected chi connectivity index (χ3v) is 4.29. The van der Waals surface area contributed by atoms with E-state index >= 15 is 0 Å². The number of likely N-dealkylation sites (N-methyl/N-ethyl adjacent to an activating group) is 1. The molecule has 2 unspecified atom stereocenters. The summed E-state index contributed by atoms with van der Waals surface area (Å²) in [5.41, 5.74) is 0. The van der Waals surface area contributed by atoms with Crippen LogP contribution in [0, 0.1) is 0 Å². The highest BCUT2D eigenvalue weighted by Gasteiger charge is 2.34. The summed E-state index contributed by atoms with van der Waals surface area (Å²) in [6, 6.07) is 5.20. The number of hydrogen-bond donors (Lipinski definition) is 0. The van der Waals surface area contributed by atoms with Crippen LogP contribution in [-0.2, 0) is 0 Å². The maximum Gasteiger partial charge on any atom is 0.151 e. The van der Waals surface area contributed by atoms with Gasteiger partial charge in [0, 0.05) is 25.2 Å². The van der Waals surface area contributed by atoms with Gasteiger partial charge in [-0.3, -0.25) is 4.90 Å². The van der Waals surface area contributed by atoms with Crippen molar-refractivity contribution in [2.45, 2.75) is 31.3 Å². The zero-order valence-electron chi connectivity index (χ0n) is 10.0. The summed E-state index contributed by atoms with van der Waals surface area (Å²) in [5.74, 6) is 0.954. The maximum atomic E-state index is 5.77. The molecule has 2 saturated heterocycles. The third-order valence-electron chi connectivity index (χ3n) is 4.09. The molecule has 1 aromatic rings. The molecule has 0 radical (unpaired) electrons. The average molecular weight is 253 g/mol. The van der Waals surface area contributed by atoms with Crippen molar-refractivity contribution in [1.82, 2.24) is 15.1 Å². The van der Waals surface area contributed by atoms with Gasteiger partial charge >= 0.3 is 0 Å². The van der Waals surface area contributed by atoms with Crippen molar-refractivity contribution >= 4 is 17.4 Å². The summed E-state index contributed by atoms with van der Waals surface area (Å²) in [6.45, 7) is 2.13. The van der Waals surface area contributed by atoms with E-state index in [2.05, 4.69) is 27.0 Å². The van der Waals surface area contributed by atoms with Gasteiger partial charge in [0.2, 0.25) is 0 Å². The highest BCUT2D eigenvalue weighted by Crippen LogP contribution is 2.29. The zero-order chi connectivity index (χ0) is 11.8. The van der Waals surface area contributed by atoms with Crippen LogP contribution in [0.3, 0.4) is 0 Å². The lowest BCUT2D eigenvalue weighted by Crippen LogP contribution is -2.37. The number of hydrogen-bond acceptors (Lipinski definition) is 4. The molecule has 0 amide bonds. The molecule has 0 aromatic carbocycles. The van der Waals surface area contributed by atoms with Crippen molar-refractivity contribution in [3.63, 3.8) is 0 Å². The Morgan fingerprint density at radius 2 is 2.00 bits per heavy atom. The second kappa shape index (κ2) is 4.42. The molecule has 3 rings (SSSR count). The van der Waals surface area contributed by atoms with Gasteiger partial charge in [-0.05, 0) is 38.4 Å². The van der Waals surface area contributed by atoms with Crippen LogP contribution in [-0.4, -0.2) is 47.3 Å². The molecule has 2 aliphatic heterocycles. The molecule has 2 fully saturated rings. The van der Waals surface area contributed by atoms with Crippen LogP contribution in [0.25, 0.3) is 0 Å². The Bertz CT molecular complexity index is 394. The molecule has 2 atom stereocenters. The average Bonchev–Trinajstić information content (AvgIpc) is 2.55. The number of anilines is 1. The predicted octanol–water partition coefficient (Wildman–Crippen LogP) is 1.80. The van der Waals surface area contributed by atoms with Crippen molar-refractivity contribution in [3.05, 3.63) is 17.3 Å². The molecule has 17 heavy (non-hydrogen) atoms. The lowest BCUT2D eigenvalue weighted by Gasteiger charge is -2.26. The predicted molar refractivity (Wildman–Crippen MR) is 68.4 cm³/mol. The van der Waals surface area contributed by atoms with Crippen molar-refractivity contribution in [2.75, 3.05) is 25.0 Å². The monoisotopic (exact) mass is 252 g/mol. The molecule has 3 heterocycles. The van der Waals surface area contributed by atoms with Crippen LogP contribution in [0.15, 0.2) is 12.1 Å². The molecule has 0 saturated carbocycles. The van der Waals surface area contributed by atoms with Crippen molar-refractivity contribution in [1.29, 1.82) is 0 Å². The van der Waals surface area contributed by atoms with Gasteiger partial charge in [-0.15, -0.1) is 10.2 Å². The second-order valence-corrected chi connectivity index (χ2v) is 5.39. The second-order valence-electron chi connectivity index (χ2n) is 5.00. The van der Waals surface area contributed by atoms with Crippen molar-refractivity contribution in [2.24, 2.45) is 0 Å². The van der Waals surface area contributed by atoms with E-state index in [-0.39, 0.29) is 0 Å². The van der Waals surface area contributed by atoms with Gasteiger partial charge < -0.3 is 4.90 Å². The minimum Gasteiger partial charge on any atom is -0.354 e. The van der Waals surface area contributed by atoms with Crippen LogP contribution >= 0.6 is 11.6 Å². The first kappa shape index (κ1) is 11.2. The maximum absolute atomic E-state index is 5.77. The fourth-order valence-electron chi connectivity index (χ4n) is 2.99. The lowest BCUT2D eigenvalue weighted by molar-refractivity contribution is 0.254. The standard InChI is InChI=1S/C12H17ClN4/c1-16-9-2-3-10(16)8-17(7-6-9)12-5-4-11(13)14-15-12/h4-5,9-10H,2-3,6-8H2,1H3. The number of fused-ring (bicyclic) bond motifs is 2. The van der Waals surface area contributed by atoms with E-state index in [0.717, 1.165) is 24.9 Å². The summed E-state index contributed by atoms with van der Waals surface area (Å²) < 4.78 is 0. The Hall–Kier alpha value is -0.870. The molecule has 0 N–H and O–H groups in total. The molecule has 92 valence electrons. The van der Waals surface area contributed by atoms with Gasteiger partial charge in [0.25, 0.3) is 0 Å². The molecule has 5 heteroatoms. The fourth-order valence-corrected chi connectivity index (χ4v) is 3.10. The molecule has 0 aliphatic carbocycles. The zero-order valence-corrected chi connectivity index (χ0v) is 10.8. The lowest BCUT2D eigenvalue weighted by atomic mass is 10.1. The Morgan fingerprint density at radius 1 is 1.18 bits per heavy atom. The van der Waals surface area contributed by atoms with Crippen molar-refractivity contribution < 1.29 is 0 Å². The van der Waals surface area contributed by atoms with Crippen LogP contribution in [0.4, 0.5) is 5.82 Å². The van der Waals surface area contributed by atoms with Crippen LogP contribution in [0.1, 0.15) is 19.3 Å². The molecular formula is C12H17ClN4. The van der Waals surface area contributed by atoms with E-state index in [1.165, 1.54) is 19.3 Å². The SMILES string of the molecule is CN1C2CCC1CN(c1ccc(Cl)nn1)CC2. The molecule has 2 bridgehead atoms. The van der Waals surface area contributed by atoms with Gasteiger partial charge in [-0.1, -0.05) is 11.6 Å². The summed E-state index contributed by atoms with van der Waals surface area (Å²) in [7, 11) is 2.25. The van der Waals surface area contributed by atoms with E-state index in [9.17, 15) is 0 Å². The Morgan fingerprint density at radius 3 is 2.76 bits per heavy atom. The Balaban J connectivity index is 1.79. The fraction of sp³-hybridized carbons (Fsp3) is 0.667. The Kier molecular flexibility index (Phi) is 2.92. The number of aromatic nitrogens is 2. The van der Waals surface area contributed by atoms with Gasteiger partial charge in [0.1, 0.15) is 0 Å². The van der Waals surface area contributed by atoms with Gasteiger partial charge in [0.05, 0.1) is 0 Å².